The van der Waals surface area contributed by atoms with E-state index < -0.39 is 17.8 Å². The molecule has 10 heteroatoms. The number of nitrogens with zero attached hydrogens (tertiary/aromatic N) is 4. The van der Waals surface area contributed by atoms with E-state index in [4.69, 9.17) is 0 Å². The highest BCUT2D eigenvalue weighted by Crippen LogP contribution is 2.36. The SMILES string of the molecule is Cc1cc(Br)c2nc(N3CCC(F)(F)CC3)n3cc(C(F)(F)F)nc3c2c1. The second kappa shape index (κ2) is 6.02. The summed E-state index contributed by atoms with van der Waals surface area (Å²) in [6, 6.07) is 3.51. The lowest BCUT2D eigenvalue weighted by molar-refractivity contribution is -0.140. The van der Waals surface area contributed by atoms with Crippen LogP contribution in [0.1, 0.15) is 24.1 Å². The molecule has 3 heterocycles. The van der Waals surface area contributed by atoms with Gasteiger partial charge in [0.1, 0.15) is 5.65 Å². The summed E-state index contributed by atoms with van der Waals surface area (Å²) in [6.07, 6.45) is -4.49. The predicted octanol–water partition coefficient (Wildman–Crippen LogP) is 5.21. The maximum Gasteiger partial charge on any atom is 0.434 e. The van der Waals surface area contributed by atoms with Crippen molar-refractivity contribution in [2.24, 2.45) is 0 Å². The van der Waals surface area contributed by atoms with Crippen molar-refractivity contribution in [2.75, 3.05) is 18.0 Å². The summed E-state index contributed by atoms with van der Waals surface area (Å²) in [6.45, 7) is 1.82. The van der Waals surface area contributed by atoms with E-state index in [1.165, 1.54) is 4.40 Å². The van der Waals surface area contributed by atoms with Gasteiger partial charge in [0.15, 0.2) is 5.69 Å². The minimum atomic E-state index is -4.62. The third-order valence-corrected chi connectivity index (χ3v) is 5.25. The Bertz CT molecular complexity index is 1030. The molecule has 0 bridgehead atoms. The fourth-order valence-electron chi connectivity index (χ4n) is 3.29. The van der Waals surface area contributed by atoms with Crippen molar-refractivity contribution in [1.29, 1.82) is 0 Å². The smallest absolute Gasteiger partial charge is 0.341 e. The van der Waals surface area contributed by atoms with E-state index in [-0.39, 0.29) is 37.5 Å². The third kappa shape index (κ3) is 3.24. The van der Waals surface area contributed by atoms with Gasteiger partial charge in [0, 0.05) is 42.0 Å². The molecule has 144 valence electrons. The lowest BCUT2D eigenvalue weighted by Crippen LogP contribution is -2.40. The van der Waals surface area contributed by atoms with Gasteiger partial charge in [-0.1, -0.05) is 0 Å². The van der Waals surface area contributed by atoms with Crippen molar-refractivity contribution in [3.05, 3.63) is 34.1 Å². The lowest BCUT2D eigenvalue weighted by atomic mass is 10.1. The maximum absolute atomic E-state index is 13.5. The monoisotopic (exact) mass is 448 g/mol. The van der Waals surface area contributed by atoms with Gasteiger partial charge in [-0.3, -0.25) is 4.40 Å². The Balaban J connectivity index is 1.98. The van der Waals surface area contributed by atoms with Gasteiger partial charge in [-0.2, -0.15) is 13.2 Å². The van der Waals surface area contributed by atoms with Crippen LogP contribution < -0.4 is 4.90 Å². The second-order valence-corrected chi connectivity index (χ2v) is 7.57. The van der Waals surface area contributed by atoms with Crippen LogP contribution in [0, 0.1) is 6.92 Å². The van der Waals surface area contributed by atoms with Gasteiger partial charge >= 0.3 is 6.18 Å². The van der Waals surface area contributed by atoms with Crippen LogP contribution in [0.25, 0.3) is 16.6 Å². The number of hydrogen-bond donors (Lipinski definition) is 0. The zero-order chi connectivity index (χ0) is 19.6. The number of imidazole rings is 1. The van der Waals surface area contributed by atoms with Gasteiger partial charge in [-0.15, -0.1) is 0 Å². The molecule has 0 saturated carbocycles. The van der Waals surface area contributed by atoms with Crippen LogP contribution >= 0.6 is 15.9 Å². The summed E-state index contributed by atoms with van der Waals surface area (Å²) in [4.78, 5) is 9.86. The van der Waals surface area contributed by atoms with Crippen LogP contribution in [0.2, 0.25) is 0 Å². The lowest BCUT2D eigenvalue weighted by Gasteiger charge is -2.32. The van der Waals surface area contributed by atoms with Crippen LogP contribution in [0.5, 0.6) is 0 Å². The quantitative estimate of drug-likeness (QED) is 0.479. The van der Waals surface area contributed by atoms with Crippen LogP contribution in [-0.2, 0) is 6.18 Å². The Labute approximate surface area is 159 Å². The molecule has 0 radical (unpaired) electrons. The number of hydrogen-bond acceptors (Lipinski definition) is 3. The maximum atomic E-state index is 13.5. The topological polar surface area (TPSA) is 33.4 Å². The highest BCUT2D eigenvalue weighted by atomic mass is 79.9. The Morgan fingerprint density at radius 1 is 1.11 bits per heavy atom. The highest BCUT2D eigenvalue weighted by Gasteiger charge is 2.37. The van der Waals surface area contributed by atoms with Crippen molar-refractivity contribution in [2.45, 2.75) is 31.9 Å². The van der Waals surface area contributed by atoms with Gasteiger partial charge in [-0.25, -0.2) is 18.7 Å². The number of fused-ring (bicyclic) bond motifs is 3. The van der Waals surface area contributed by atoms with Crippen LogP contribution in [0.4, 0.5) is 27.9 Å². The molecular formula is C17H14BrF5N4. The van der Waals surface area contributed by atoms with Gasteiger partial charge in [0.05, 0.1) is 5.52 Å². The molecule has 1 saturated heterocycles. The molecule has 1 aromatic carbocycles. The fraction of sp³-hybridized carbons (Fsp3) is 0.412. The first-order valence-electron chi connectivity index (χ1n) is 8.24. The number of anilines is 1. The molecule has 0 amide bonds. The number of alkyl halides is 5. The van der Waals surface area contributed by atoms with Crippen molar-refractivity contribution in [3.8, 4) is 0 Å². The first-order chi connectivity index (χ1) is 12.5. The largest absolute Gasteiger partial charge is 0.434 e. The van der Waals surface area contributed by atoms with Crippen molar-refractivity contribution < 1.29 is 22.0 Å². The molecule has 0 unspecified atom stereocenters. The number of aryl methyl sites for hydroxylation is 1. The molecule has 1 aliphatic heterocycles. The average molecular weight is 449 g/mol. The molecule has 4 nitrogen and oxygen atoms in total. The molecule has 2 aromatic heterocycles. The molecular weight excluding hydrogens is 435 g/mol. The van der Waals surface area contributed by atoms with E-state index in [2.05, 4.69) is 25.9 Å². The molecule has 4 rings (SSSR count). The molecule has 0 atom stereocenters. The molecule has 27 heavy (non-hydrogen) atoms. The summed E-state index contributed by atoms with van der Waals surface area (Å²) in [5.41, 5.74) is 0.335. The van der Waals surface area contributed by atoms with E-state index in [1.807, 2.05) is 6.92 Å². The van der Waals surface area contributed by atoms with Crippen LogP contribution in [0.3, 0.4) is 0 Å². The first kappa shape index (κ1) is 18.4. The van der Waals surface area contributed by atoms with Gasteiger partial charge < -0.3 is 4.90 Å². The zero-order valence-corrected chi connectivity index (χ0v) is 15.7. The number of rotatable bonds is 1. The van der Waals surface area contributed by atoms with E-state index in [0.29, 0.717) is 15.4 Å². The third-order valence-electron chi connectivity index (χ3n) is 4.65. The zero-order valence-electron chi connectivity index (χ0n) is 14.1. The average Bonchev–Trinajstić information content (AvgIpc) is 3.00. The summed E-state index contributed by atoms with van der Waals surface area (Å²) in [5.74, 6) is -2.59. The number of piperidine rings is 1. The summed E-state index contributed by atoms with van der Waals surface area (Å²) >= 11 is 3.40. The summed E-state index contributed by atoms with van der Waals surface area (Å²) in [7, 11) is 0. The summed E-state index contributed by atoms with van der Waals surface area (Å²) < 4.78 is 68.6. The standard InChI is InChI=1S/C17H14BrF5N4/c1-9-6-10-13(11(18)7-9)25-15(26-4-2-16(19,20)3-5-26)27-8-12(17(21,22)23)24-14(10)27/h6-8H,2-5H2,1H3. The molecule has 0 spiro atoms. The van der Waals surface area contributed by atoms with Crippen molar-refractivity contribution in [1.82, 2.24) is 14.4 Å². The van der Waals surface area contributed by atoms with Gasteiger partial charge in [-0.05, 0) is 40.5 Å². The second-order valence-electron chi connectivity index (χ2n) is 6.72. The van der Waals surface area contributed by atoms with Gasteiger partial charge in [0.25, 0.3) is 5.92 Å². The number of aromatic nitrogens is 3. The molecule has 0 N–H and O–H groups in total. The fourth-order valence-corrected chi connectivity index (χ4v) is 3.95. The van der Waals surface area contributed by atoms with E-state index in [1.54, 1.807) is 17.0 Å². The highest BCUT2D eigenvalue weighted by molar-refractivity contribution is 9.10. The Hall–Kier alpha value is -1.97. The van der Waals surface area contributed by atoms with E-state index in [0.717, 1.165) is 11.8 Å². The Morgan fingerprint density at radius 3 is 2.41 bits per heavy atom. The van der Waals surface area contributed by atoms with Crippen LogP contribution in [-0.4, -0.2) is 33.4 Å². The predicted molar refractivity (Wildman–Crippen MR) is 94.3 cm³/mol. The number of benzene rings is 1. The molecule has 0 aliphatic carbocycles. The van der Waals surface area contributed by atoms with E-state index in [9.17, 15) is 22.0 Å². The summed E-state index contributed by atoms with van der Waals surface area (Å²) in [5, 5.41) is 0.462. The van der Waals surface area contributed by atoms with E-state index >= 15 is 0 Å². The molecule has 3 aromatic rings. The minimum absolute atomic E-state index is 0.00359. The minimum Gasteiger partial charge on any atom is -0.341 e. The van der Waals surface area contributed by atoms with Crippen LogP contribution in [0.15, 0.2) is 22.8 Å². The van der Waals surface area contributed by atoms with Gasteiger partial charge in [0.2, 0.25) is 5.95 Å². The van der Waals surface area contributed by atoms with Crippen molar-refractivity contribution in [3.63, 3.8) is 0 Å². The number of halogens is 6. The normalized spacial score (nSPS) is 17.8. The Morgan fingerprint density at radius 2 is 1.78 bits per heavy atom. The molecule has 1 fully saturated rings. The molecule has 1 aliphatic rings. The first-order valence-corrected chi connectivity index (χ1v) is 9.03. The van der Waals surface area contributed by atoms with Crippen molar-refractivity contribution >= 4 is 38.4 Å². The Kier molecular flexibility index (Phi) is 4.10.